The number of ether oxygens (including phenoxy) is 1. The molecule has 0 spiro atoms. The van der Waals surface area contributed by atoms with E-state index in [1.54, 1.807) is 6.20 Å². The monoisotopic (exact) mass is 348 g/mol. The van der Waals surface area contributed by atoms with E-state index in [0.29, 0.717) is 18.4 Å². The summed E-state index contributed by atoms with van der Waals surface area (Å²) < 4.78 is 5.14. The SMILES string of the molecule is O=C(NCCC=Cc1ccc2[nH]ccc(=O)c2c1)OCc1ccccc1. The van der Waals surface area contributed by atoms with E-state index in [2.05, 4.69) is 10.3 Å². The van der Waals surface area contributed by atoms with Gasteiger partial charge in [-0.2, -0.15) is 0 Å². The zero-order valence-electron chi connectivity index (χ0n) is 14.3. The standard InChI is InChI=1S/C21H20N2O3/c24-20-11-13-22-19-10-9-16(14-18(19)20)6-4-5-12-23-21(25)26-15-17-7-2-1-3-8-17/h1-4,6-11,13-14H,5,12,15H2,(H,22,24)(H,23,25). The number of hydrogen-bond donors (Lipinski definition) is 2. The van der Waals surface area contributed by atoms with Gasteiger partial charge >= 0.3 is 6.09 Å². The summed E-state index contributed by atoms with van der Waals surface area (Å²) in [7, 11) is 0. The van der Waals surface area contributed by atoms with E-state index in [9.17, 15) is 9.59 Å². The summed E-state index contributed by atoms with van der Waals surface area (Å²) >= 11 is 0. The Kier molecular flexibility index (Phi) is 5.83. The summed E-state index contributed by atoms with van der Waals surface area (Å²) in [5.74, 6) is 0. The van der Waals surface area contributed by atoms with Gasteiger partial charge in [-0.05, 0) is 29.7 Å². The molecule has 0 saturated carbocycles. The van der Waals surface area contributed by atoms with Gasteiger partial charge in [-0.1, -0.05) is 48.6 Å². The molecule has 5 heteroatoms. The summed E-state index contributed by atoms with van der Waals surface area (Å²) in [5.41, 5.74) is 2.71. The average molecular weight is 348 g/mol. The highest BCUT2D eigenvalue weighted by molar-refractivity contribution is 5.80. The van der Waals surface area contributed by atoms with Crippen LogP contribution in [0.2, 0.25) is 0 Å². The predicted molar refractivity (Wildman–Crippen MR) is 103 cm³/mol. The maximum atomic E-state index is 11.8. The maximum Gasteiger partial charge on any atom is 0.407 e. The molecular formula is C21H20N2O3. The Hall–Kier alpha value is -3.34. The molecule has 2 N–H and O–H groups in total. The van der Waals surface area contributed by atoms with Crippen molar-refractivity contribution in [3.05, 3.63) is 88.2 Å². The zero-order valence-corrected chi connectivity index (χ0v) is 14.3. The van der Waals surface area contributed by atoms with Gasteiger partial charge in [0, 0.05) is 29.7 Å². The number of carbonyl (C=O) groups is 1. The van der Waals surface area contributed by atoms with Gasteiger partial charge in [-0.3, -0.25) is 4.79 Å². The highest BCUT2D eigenvalue weighted by atomic mass is 16.5. The maximum absolute atomic E-state index is 11.8. The smallest absolute Gasteiger partial charge is 0.407 e. The summed E-state index contributed by atoms with van der Waals surface area (Å²) in [4.78, 5) is 26.5. The number of aromatic nitrogens is 1. The number of aromatic amines is 1. The molecule has 0 saturated heterocycles. The minimum atomic E-state index is -0.431. The number of pyridine rings is 1. The van der Waals surface area contributed by atoms with Crippen LogP contribution in [0.3, 0.4) is 0 Å². The van der Waals surface area contributed by atoms with Crippen LogP contribution in [0.25, 0.3) is 17.0 Å². The van der Waals surface area contributed by atoms with Crippen LogP contribution in [0.1, 0.15) is 17.5 Å². The third-order valence-corrected chi connectivity index (χ3v) is 3.89. The minimum Gasteiger partial charge on any atom is -0.445 e. The molecule has 1 aromatic heterocycles. The molecule has 2 aromatic carbocycles. The number of alkyl carbamates (subject to hydrolysis) is 1. The number of rotatable bonds is 6. The molecule has 0 aliphatic rings. The van der Waals surface area contributed by atoms with Crippen LogP contribution in [0, 0.1) is 0 Å². The molecule has 3 aromatic rings. The Labute approximate surface area is 151 Å². The molecule has 1 amide bonds. The third-order valence-electron chi connectivity index (χ3n) is 3.89. The summed E-state index contributed by atoms with van der Waals surface area (Å²) in [5, 5.41) is 3.37. The molecular weight excluding hydrogens is 328 g/mol. The van der Waals surface area contributed by atoms with Crippen molar-refractivity contribution < 1.29 is 9.53 Å². The molecule has 3 rings (SSSR count). The lowest BCUT2D eigenvalue weighted by atomic mass is 10.1. The van der Waals surface area contributed by atoms with Crippen molar-refractivity contribution in [2.75, 3.05) is 6.54 Å². The number of benzene rings is 2. The number of fused-ring (bicyclic) bond motifs is 1. The van der Waals surface area contributed by atoms with Crippen molar-refractivity contribution >= 4 is 23.1 Å². The zero-order chi connectivity index (χ0) is 18.2. The quantitative estimate of drug-likeness (QED) is 0.665. The van der Waals surface area contributed by atoms with Crippen molar-refractivity contribution in [2.24, 2.45) is 0 Å². The molecule has 0 unspecified atom stereocenters. The van der Waals surface area contributed by atoms with Crippen LogP contribution in [0.15, 0.2) is 71.7 Å². The van der Waals surface area contributed by atoms with Crippen molar-refractivity contribution in [3.8, 4) is 0 Å². The normalized spacial score (nSPS) is 10.9. The van der Waals surface area contributed by atoms with E-state index in [4.69, 9.17) is 4.74 Å². The Balaban J connectivity index is 1.44. The van der Waals surface area contributed by atoms with Gasteiger partial charge in [0.05, 0.1) is 0 Å². The highest BCUT2D eigenvalue weighted by Crippen LogP contribution is 2.11. The van der Waals surface area contributed by atoms with E-state index in [-0.39, 0.29) is 12.0 Å². The molecule has 0 aliphatic carbocycles. The molecule has 1 heterocycles. The van der Waals surface area contributed by atoms with Gasteiger partial charge in [0.15, 0.2) is 5.43 Å². The highest BCUT2D eigenvalue weighted by Gasteiger charge is 2.01. The van der Waals surface area contributed by atoms with Crippen molar-refractivity contribution in [3.63, 3.8) is 0 Å². The molecule has 0 fully saturated rings. The van der Waals surface area contributed by atoms with Crippen LogP contribution < -0.4 is 10.7 Å². The Morgan fingerprint density at radius 2 is 1.96 bits per heavy atom. The lowest BCUT2D eigenvalue weighted by molar-refractivity contribution is 0.140. The number of hydrogen-bond acceptors (Lipinski definition) is 3. The van der Waals surface area contributed by atoms with Crippen LogP contribution >= 0.6 is 0 Å². The lowest BCUT2D eigenvalue weighted by Gasteiger charge is -2.05. The van der Waals surface area contributed by atoms with Gasteiger partial charge in [0.1, 0.15) is 6.61 Å². The molecule has 0 bridgehead atoms. The first-order valence-electron chi connectivity index (χ1n) is 8.45. The van der Waals surface area contributed by atoms with Gasteiger partial charge < -0.3 is 15.0 Å². The fraction of sp³-hybridized carbons (Fsp3) is 0.143. The molecule has 5 nitrogen and oxygen atoms in total. The molecule has 0 radical (unpaired) electrons. The van der Waals surface area contributed by atoms with Crippen LogP contribution in [-0.2, 0) is 11.3 Å². The van der Waals surface area contributed by atoms with Crippen LogP contribution in [-0.4, -0.2) is 17.6 Å². The minimum absolute atomic E-state index is 0.00294. The fourth-order valence-electron chi connectivity index (χ4n) is 2.54. The fourth-order valence-corrected chi connectivity index (χ4v) is 2.54. The first-order chi connectivity index (χ1) is 12.7. The first-order valence-corrected chi connectivity index (χ1v) is 8.45. The van der Waals surface area contributed by atoms with Gasteiger partial charge in [0.25, 0.3) is 0 Å². The van der Waals surface area contributed by atoms with Crippen molar-refractivity contribution in [1.82, 2.24) is 10.3 Å². The number of amides is 1. The Morgan fingerprint density at radius 1 is 1.12 bits per heavy atom. The number of carbonyl (C=O) groups excluding carboxylic acids is 1. The summed E-state index contributed by atoms with van der Waals surface area (Å²) in [6.07, 6.45) is 5.77. The Morgan fingerprint density at radius 3 is 2.81 bits per heavy atom. The second-order valence-corrected chi connectivity index (χ2v) is 5.83. The molecule has 132 valence electrons. The van der Waals surface area contributed by atoms with Crippen LogP contribution in [0.4, 0.5) is 4.79 Å². The summed E-state index contributed by atoms with van der Waals surface area (Å²) in [6.45, 7) is 0.742. The van der Waals surface area contributed by atoms with E-state index in [0.717, 1.165) is 16.6 Å². The topological polar surface area (TPSA) is 71.2 Å². The predicted octanol–water partition coefficient (Wildman–Crippen LogP) is 3.86. The number of nitrogens with one attached hydrogen (secondary N) is 2. The second-order valence-electron chi connectivity index (χ2n) is 5.83. The van der Waals surface area contributed by atoms with Gasteiger partial charge in [0.2, 0.25) is 0 Å². The van der Waals surface area contributed by atoms with E-state index in [1.807, 2.05) is 60.7 Å². The van der Waals surface area contributed by atoms with E-state index >= 15 is 0 Å². The lowest BCUT2D eigenvalue weighted by Crippen LogP contribution is -2.24. The first kappa shape index (κ1) is 17.5. The summed E-state index contributed by atoms with van der Waals surface area (Å²) in [6, 6.07) is 16.7. The van der Waals surface area contributed by atoms with Crippen LogP contribution in [0.5, 0.6) is 0 Å². The van der Waals surface area contributed by atoms with E-state index in [1.165, 1.54) is 6.07 Å². The molecule has 0 aliphatic heterocycles. The largest absolute Gasteiger partial charge is 0.445 e. The van der Waals surface area contributed by atoms with Gasteiger partial charge in [-0.15, -0.1) is 0 Å². The average Bonchev–Trinajstić information content (AvgIpc) is 2.67. The third kappa shape index (κ3) is 4.83. The molecule has 26 heavy (non-hydrogen) atoms. The van der Waals surface area contributed by atoms with Crippen molar-refractivity contribution in [2.45, 2.75) is 13.0 Å². The Bertz CT molecular complexity index is 962. The van der Waals surface area contributed by atoms with Gasteiger partial charge in [-0.25, -0.2) is 4.79 Å². The van der Waals surface area contributed by atoms with Crippen molar-refractivity contribution in [1.29, 1.82) is 0 Å². The molecule has 0 atom stereocenters. The van der Waals surface area contributed by atoms with E-state index < -0.39 is 6.09 Å². The second kappa shape index (κ2) is 8.67. The number of H-pyrrole nitrogens is 1.